The number of halogens is 1. The van der Waals surface area contributed by atoms with Gasteiger partial charge in [0.05, 0.1) is 3.79 Å². The van der Waals surface area contributed by atoms with E-state index < -0.39 is 0 Å². The second-order valence-electron chi connectivity index (χ2n) is 3.04. The second-order valence-corrected chi connectivity index (χ2v) is 5.54. The molecular formula is C10H14BrNS. The fourth-order valence-electron chi connectivity index (χ4n) is 0.983. The van der Waals surface area contributed by atoms with Crippen molar-refractivity contribution in [3.8, 4) is 0 Å². The molecular weight excluding hydrogens is 246 g/mol. The summed E-state index contributed by atoms with van der Waals surface area (Å²) in [6, 6.07) is 4.65. The molecule has 0 saturated heterocycles. The number of likely N-dealkylation sites (N-methyl/N-ethyl adjacent to an activating group) is 1. The van der Waals surface area contributed by atoms with Gasteiger partial charge in [-0.2, -0.15) is 0 Å². The van der Waals surface area contributed by atoms with Crippen molar-refractivity contribution in [2.24, 2.45) is 0 Å². The van der Waals surface area contributed by atoms with Crippen LogP contribution in [0.25, 0.3) is 6.08 Å². The maximum Gasteiger partial charge on any atom is 0.0704 e. The molecule has 0 saturated carbocycles. The normalized spacial score (nSPS) is 14.6. The number of hydrogen-bond acceptors (Lipinski definition) is 2. The van der Waals surface area contributed by atoms with Crippen LogP contribution >= 0.6 is 27.3 Å². The number of nitrogens with one attached hydrogen (secondary N) is 1. The Balaban J connectivity index is 2.76. The molecule has 1 aromatic rings. The zero-order chi connectivity index (χ0) is 9.84. The maximum atomic E-state index is 3.45. The van der Waals surface area contributed by atoms with Crippen molar-refractivity contribution in [1.82, 2.24) is 5.32 Å². The zero-order valence-electron chi connectivity index (χ0n) is 8.10. The molecule has 1 heterocycles. The van der Waals surface area contributed by atoms with Crippen LogP contribution in [0.15, 0.2) is 21.5 Å². The van der Waals surface area contributed by atoms with Gasteiger partial charge >= 0.3 is 0 Å². The van der Waals surface area contributed by atoms with Gasteiger partial charge in [0.25, 0.3) is 0 Å². The van der Waals surface area contributed by atoms with Crippen LogP contribution in [0.3, 0.4) is 0 Å². The highest BCUT2D eigenvalue weighted by atomic mass is 79.9. The Bertz CT molecular complexity index is 304. The highest BCUT2D eigenvalue weighted by molar-refractivity contribution is 9.11. The molecule has 0 aliphatic heterocycles. The molecule has 0 aromatic carbocycles. The van der Waals surface area contributed by atoms with Crippen molar-refractivity contribution in [3.63, 3.8) is 0 Å². The molecule has 0 fully saturated rings. The third-order valence-electron chi connectivity index (χ3n) is 2.08. The molecule has 1 atom stereocenters. The zero-order valence-corrected chi connectivity index (χ0v) is 10.5. The van der Waals surface area contributed by atoms with Crippen molar-refractivity contribution < 1.29 is 0 Å². The van der Waals surface area contributed by atoms with Gasteiger partial charge in [-0.15, -0.1) is 11.3 Å². The Morgan fingerprint density at radius 2 is 2.31 bits per heavy atom. The largest absolute Gasteiger partial charge is 0.314 e. The van der Waals surface area contributed by atoms with Crippen LogP contribution in [-0.4, -0.2) is 13.1 Å². The summed E-state index contributed by atoms with van der Waals surface area (Å²) in [7, 11) is 1.98. The third-order valence-corrected chi connectivity index (χ3v) is 3.65. The lowest BCUT2D eigenvalue weighted by molar-refractivity contribution is 0.696. The topological polar surface area (TPSA) is 12.0 Å². The van der Waals surface area contributed by atoms with Gasteiger partial charge in [0, 0.05) is 10.9 Å². The molecule has 1 rings (SSSR count). The minimum Gasteiger partial charge on any atom is -0.314 e. The fraction of sp³-hybridized carbons (Fsp3) is 0.400. The molecule has 1 unspecified atom stereocenters. The van der Waals surface area contributed by atoms with E-state index in [2.05, 4.69) is 53.3 Å². The van der Waals surface area contributed by atoms with Crippen LogP contribution in [0.2, 0.25) is 0 Å². The first-order valence-electron chi connectivity index (χ1n) is 4.24. The average molecular weight is 260 g/mol. The monoisotopic (exact) mass is 259 g/mol. The average Bonchev–Trinajstić information content (AvgIpc) is 2.49. The smallest absolute Gasteiger partial charge is 0.0704 e. The van der Waals surface area contributed by atoms with Crippen molar-refractivity contribution in [2.45, 2.75) is 19.9 Å². The van der Waals surface area contributed by atoms with Gasteiger partial charge in [0.15, 0.2) is 0 Å². The highest BCUT2D eigenvalue weighted by Gasteiger charge is 2.01. The molecule has 13 heavy (non-hydrogen) atoms. The molecule has 1 N–H and O–H groups in total. The molecule has 0 radical (unpaired) electrons. The predicted molar refractivity (Wildman–Crippen MR) is 64.2 cm³/mol. The van der Waals surface area contributed by atoms with E-state index in [1.54, 1.807) is 11.3 Å². The maximum absolute atomic E-state index is 3.45. The van der Waals surface area contributed by atoms with Gasteiger partial charge in [-0.05, 0) is 55.0 Å². The summed E-state index contributed by atoms with van der Waals surface area (Å²) >= 11 is 5.21. The summed E-state index contributed by atoms with van der Waals surface area (Å²) in [4.78, 5) is 1.30. The minimum absolute atomic E-state index is 0.445. The van der Waals surface area contributed by atoms with Crippen molar-refractivity contribution in [1.29, 1.82) is 0 Å². The van der Waals surface area contributed by atoms with Gasteiger partial charge in [0.2, 0.25) is 0 Å². The van der Waals surface area contributed by atoms with Crippen LogP contribution in [0, 0.1) is 0 Å². The Morgan fingerprint density at radius 3 is 2.77 bits per heavy atom. The number of hydrogen-bond donors (Lipinski definition) is 1. The third kappa shape index (κ3) is 3.25. The highest BCUT2D eigenvalue weighted by Crippen LogP contribution is 2.24. The Hall–Kier alpha value is -0.120. The van der Waals surface area contributed by atoms with E-state index in [0.29, 0.717) is 6.04 Å². The van der Waals surface area contributed by atoms with E-state index in [0.717, 1.165) is 0 Å². The van der Waals surface area contributed by atoms with E-state index in [1.807, 2.05) is 7.05 Å². The number of thiophene rings is 1. The van der Waals surface area contributed by atoms with Crippen LogP contribution in [0.4, 0.5) is 0 Å². The first kappa shape index (κ1) is 11.0. The Labute approximate surface area is 92.0 Å². The molecule has 72 valence electrons. The van der Waals surface area contributed by atoms with Crippen LogP contribution in [0.1, 0.15) is 18.7 Å². The first-order valence-corrected chi connectivity index (χ1v) is 5.85. The number of rotatable bonds is 3. The molecule has 1 aromatic heterocycles. The first-order chi connectivity index (χ1) is 6.13. The lowest BCUT2D eigenvalue weighted by Gasteiger charge is -2.09. The predicted octanol–water partition coefficient (Wildman–Crippen LogP) is 3.52. The summed E-state index contributed by atoms with van der Waals surface area (Å²) in [5, 5.41) is 3.22. The summed E-state index contributed by atoms with van der Waals surface area (Å²) in [6.45, 7) is 4.31. The van der Waals surface area contributed by atoms with Gasteiger partial charge in [-0.1, -0.05) is 5.57 Å². The van der Waals surface area contributed by atoms with Gasteiger partial charge in [-0.25, -0.2) is 0 Å². The van der Waals surface area contributed by atoms with Gasteiger partial charge < -0.3 is 5.32 Å². The van der Waals surface area contributed by atoms with Crippen molar-refractivity contribution in [3.05, 3.63) is 26.4 Å². The molecule has 0 amide bonds. The summed E-state index contributed by atoms with van der Waals surface area (Å²) in [6.07, 6.45) is 2.22. The second kappa shape index (κ2) is 4.94. The van der Waals surface area contributed by atoms with Crippen molar-refractivity contribution >= 4 is 33.3 Å². The Morgan fingerprint density at radius 1 is 1.62 bits per heavy atom. The quantitative estimate of drug-likeness (QED) is 0.876. The summed E-state index contributed by atoms with van der Waals surface area (Å²) < 4.78 is 1.18. The van der Waals surface area contributed by atoms with E-state index in [9.17, 15) is 0 Å². The molecule has 1 nitrogen and oxygen atoms in total. The lowest BCUT2D eigenvalue weighted by atomic mass is 10.1. The lowest BCUT2D eigenvalue weighted by Crippen LogP contribution is -2.21. The van der Waals surface area contributed by atoms with Crippen molar-refractivity contribution in [2.75, 3.05) is 7.05 Å². The van der Waals surface area contributed by atoms with E-state index in [4.69, 9.17) is 0 Å². The molecule has 0 spiro atoms. The van der Waals surface area contributed by atoms with Crippen LogP contribution in [0.5, 0.6) is 0 Å². The van der Waals surface area contributed by atoms with Gasteiger partial charge in [-0.3, -0.25) is 0 Å². The standard InChI is InChI=1S/C10H14BrNS/c1-7(8(2)12-3)6-9-4-5-10(11)13-9/h4-6,8,12H,1-3H3/b7-6+. The van der Waals surface area contributed by atoms with Gasteiger partial charge in [0.1, 0.15) is 0 Å². The minimum atomic E-state index is 0.445. The molecule has 0 aliphatic carbocycles. The Kier molecular flexibility index (Phi) is 4.16. The molecule has 3 heteroatoms. The van der Waals surface area contributed by atoms with E-state index in [1.165, 1.54) is 14.2 Å². The SMILES string of the molecule is CNC(C)/C(C)=C/c1ccc(Br)s1. The van der Waals surface area contributed by atoms with E-state index in [-0.39, 0.29) is 0 Å². The molecule has 0 bridgehead atoms. The van der Waals surface area contributed by atoms with E-state index >= 15 is 0 Å². The molecule has 0 aliphatic rings. The van der Waals surface area contributed by atoms with Crippen LogP contribution < -0.4 is 5.32 Å². The summed E-state index contributed by atoms with van der Waals surface area (Å²) in [5.74, 6) is 0. The summed E-state index contributed by atoms with van der Waals surface area (Å²) in [5.41, 5.74) is 1.36. The fourth-order valence-corrected chi connectivity index (χ4v) is 2.42. The van der Waals surface area contributed by atoms with Crippen LogP contribution in [-0.2, 0) is 0 Å².